The monoisotopic (exact) mass is 351 g/mol. The van der Waals surface area contributed by atoms with E-state index in [1.54, 1.807) is 31.4 Å². The van der Waals surface area contributed by atoms with Crippen LogP contribution < -0.4 is 4.74 Å². The number of unbranched alkanes of at least 4 members (excludes halogenated alkanes) is 4. The van der Waals surface area contributed by atoms with E-state index in [4.69, 9.17) is 4.74 Å². The van der Waals surface area contributed by atoms with Gasteiger partial charge in [0.1, 0.15) is 5.75 Å². The Morgan fingerprint density at radius 3 is 2.04 bits per heavy atom. The number of amides is 2. The van der Waals surface area contributed by atoms with Crippen molar-refractivity contribution in [3.05, 3.63) is 65.2 Å². The third-order valence-electron chi connectivity index (χ3n) is 4.90. The summed E-state index contributed by atoms with van der Waals surface area (Å²) < 4.78 is 5.38. The molecule has 0 saturated carbocycles. The molecule has 2 aromatic carbocycles. The van der Waals surface area contributed by atoms with Crippen LogP contribution in [0.4, 0.5) is 0 Å². The van der Waals surface area contributed by atoms with Gasteiger partial charge >= 0.3 is 0 Å². The highest BCUT2D eigenvalue weighted by Gasteiger charge is 2.34. The fourth-order valence-corrected chi connectivity index (χ4v) is 3.47. The summed E-state index contributed by atoms with van der Waals surface area (Å²) in [5.74, 6) is 0.654. The molecule has 4 heteroatoms. The summed E-state index contributed by atoms with van der Waals surface area (Å²) in [5.41, 5.74) is 2.32. The zero-order valence-electron chi connectivity index (χ0n) is 15.2. The first-order chi connectivity index (χ1) is 12.7. The average molecular weight is 351 g/mol. The standard InChI is InChI=1S/C22H25NO3/c1-26-20-15-9-6-12-17(20)11-5-3-2-4-10-16-23-21(24)18-13-7-8-14-19(18)22(23)25/h6-9,12-15H,2-5,10-11,16H2,1H3. The summed E-state index contributed by atoms with van der Waals surface area (Å²) in [6, 6.07) is 15.2. The largest absolute Gasteiger partial charge is 0.496 e. The third-order valence-corrected chi connectivity index (χ3v) is 4.90. The molecule has 0 spiro atoms. The highest BCUT2D eigenvalue weighted by Crippen LogP contribution is 2.23. The molecule has 136 valence electrons. The lowest BCUT2D eigenvalue weighted by Crippen LogP contribution is -2.30. The molecular formula is C22H25NO3. The van der Waals surface area contributed by atoms with Crippen LogP contribution in [0.2, 0.25) is 0 Å². The Bertz CT molecular complexity index is 749. The van der Waals surface area contributed by atoms with Crippen LogP contribution in [0.3, 0.4) is 0 Å². The minimum atomic E-state index is -0.151. The van der Waals surface area contributed by atoms with Gasteiger partial charge in [-0.1, -0.05) is 49.6 Å². The lowest BCUT2D eigenvalue weighted by molar-refractivity contribution is 0.0651. The van der Waals surface area contributed by atoms with Crippen molar-refractivity contribution < 1.29 is 14.3 Å². The van der Waals surface area contributed by atoms with Crippen molar-refractivity contribution in [1.82, 2.24) is 4.90 Å². The number of rotatable bonds is 9. The van der Waals surface area contributed by atoms with E-state index in [9.17, 15) is 9.59 Å². The van der Waals surface area contributed by atoms with E-state index >= 15 is 0 Å². The van der Waals surface area contributed by atoms with E-state index in [0.717, 1.165) is 44.3 Å². The second kappa shape index (κ2) is 8.65. The quantitative estimate of drug-likeness (QED) is 0.494. The first kappa shape index (κ1) is 18.2. The van der Waals surface area contributed by atoms with Gasteiger partial charge in [0, 0.05) is 6.54 Å². The fraction of sp³-hybridized carbons (Fsp3) is 0.364. The van der Waals surface area contributed by atoms with Crippen LogP contribution in [-0.2, 0) is 6.42 Å². The maximum absolute atomic E-state index is 12.3. The van der Waals surface area contributed by atoms with Gasteiger partial charge in [0.15, 0.2) is 0 Å². The summed E-state index contributed by atoms with van der Waals surface area (Å²) in [5, 5.41) is 0. The molecule has 0 saturated heterocycles. The van der Waals surface area contributed by atoms with Crippen LogP contribution in [0.1, 0.15) is 58.4 Å². The van der Waals surface area contributed by atoms with Gasteiger partial charge in [-0.05, 0) is 43.0 Å². The molecule has 1 aliphatic heterocycles. The van der Waals surface area contributed by atoms with Gasteiger partial charge < -0.3 is 4.74 Å². The molecule has 0 aromatic heterocycles. The molecule has 4 nitrogen and oxygen atoms in total. The highest BCUT2D eigenvalue weighted by atomic mass is 16.5. The van der Waals surface area contributed by atoms with Crippen molar-refractivity contribution in [1.29, 1.82) is 0 Å². The Hall–Kier alpha value is -2.62. The van der Waals surface area contributed by atoms with Crippen molar-refractivity contribution in [2.75, 3.05) is 13.7 Å². The molecule has 0 aliphatic carbocycles. The van der Waals surface area contributed by atoms with E-state index in [-0.39, 0.29) is 11.8 Å². The number of aryl methyl sites for hydroxylation is 1. The molecule has 1 aliphatic rings. The number of hydrogen-bond donors (Lipinski definition) is 0. The predicted molar refractivity (Wildman–Crippen MR) is 102 cm³/mol. The van der Waals surface area contributed by atoms with Gasteiger partial charge in [0.05, 0.1) is 18.2 Å². The fourth-order valence-electron chi connectivity index (χ4n) is 3.47. The van der Waals surface area contributed by atoms with E-state index < -0.39 is 0 Å². The molecule has 1 heterocycles. The normalized spacial score (nSPS) is 13.2. The number of ether oxygens (including phenoxy) is 1. The van der Waals surface area contributed by atoms with E-state index in [0.29, 0.717) is 17.7 Å². The topological polar surface area (TPSA) is 46.6 Å². The zero-order chi connectivity index (χ0) is 18.4. The molecule has 26 heavy (non-hydrogen) atoms. The minimum absolute atomic E-state index is 0.151. The Kier molecular flexibility index (Phi) is 6.05. The van der Waals surface area contributed by atoms with Crippen LogP contribution in [0.5, 0.6) is 5.75 Å². The van der Waals surface area contributed by atoms with Crippen molar-refractivity contribution in [2.45, 2.75) is 38.5 Å². The zero-order valence-corrected chi connectivity index (χ0v) is 15.2. The van der Waals surface area contributed by atoms with Gasteiger partial charge in [-0.2, -0.15) is 0 Å². The summed E-state index contributed by atoms with van der Waals surface area (Å²) in [6.45, 7) is 0.513. The minimum Gasteiger partial charge on any atom is -0.496 e. The Morgan fingerprint density at radius 1 is 0.769 bits per heavy atom. The first-order valence-electron chi connectivity index (χ1n) is 9.29. The summed E-state index contributed by atoms with van der Waals surface area (Å²) in [7, 11) is 1.71. The number of carbonyl (C=O) groups excluding carboxylic acids is 2. The number of benzene rings is 2. The van der Waals surface area contributed by atoms with Crippen LogP contribution in [-0.4, -0.2) is 30.4 Å². The lowest BCUT2D eigenvalue weighted by Gasteiger charge is -2.13. The number of para-hydroxylation sites is 1. The number of imide groups is 1. The van der Waals surface area contributed by atoms with Crippen LogP contribution >= 0.6 is 0 Å². The second-order valence-corrected chi connectivity index (χ2v) is 6.64. The maximum atomic E-state index is 12.3. The summed E-state index contributed by atoms with van der Waals surface area (Å²) in [6.07, 6.45) is 6.27. The van der Waals surface area contributed by atoms with Gasteiger partial charge in [-0.25, -0.2) is 0 Å². The number of hydrogen-bond acceptors (Lipinski definition) is 3. The van der Waals surface area contributed by atoms with Crippen LogP contribution in [0, 0.1) is 0 Å². The average Bonchev–Trinajstić information content (AvgIpc) is 2.92. The van der Waals surface area contributed by atoms with Gasteiger partial charge in [-0.15, -0.1) is 0 Å². The van der Waals surface area contributed by atoms with Gasteiger partial charge in [0.2, 0.25) is 0 Å². The van der Waals surface area contributed by atoms with Crippen molar-refractivity contribution >= 4 is 11.8 Å². The summed E-state index contributed by atoms with van der Waals surface area (Å²) >= 11 is 0. The molecule has 0 bridgehead atoms. The highest BCUT2D eigenvalue weighted by molar-refractivity contribution is 6.21. The maximum Gasteiger partial charge on any atom is 0.261 e. The van der Waals surface area contributed by atoms with Crippen LogP contribution in [0.25, 0.3) is 0 Å². The molecule has 2 aromatic rings. The predicted octanol–water partition coefficient (Wildman–Crippen LogP) is 4.48. The molecule has 3 rings (SSSR count). The smallest absolute Gasteiger partial charge is 0.261 e. The van der Waals surface area contributed by atoms with Crippen molar-refractivity contribution in [2.24, 2.45) is 0 Å². The summed E-state index contributed by atoms with van der Waals surface area (Å²) in [4.78, 5) is 26.0. The van der Waals surface area contributed by atoms with E-state index in [1.807, 2.05) is 18.2 Å². The molecule has 0 fully saturated rings. The van der Waals surface area contributed by atoms with Gasteiger partial charge in [-0.3, -0.25) is 14.5 Å². The molecule has 0 atom stereocenters. The molecule has 0 N–H and O–H groups in total. The van der Waals surface area contributed by atoms with Crippen molar-refractivity contribution in [3.63, 3.8) is 0 Å². The Labute approximate surface area is 154 Å². The van der Waals surface area contributed by atoms with Crippen LogP contribution in [0.15, 0.2) is 48.5 Å². The molecule has 0 radical (unpaired) electrons. The third kappa shape index (κ3) is 3.96. The number of fused-ring (bicyclic) bond motifs is 1. The number of carbonyl (C=O) groups is 2. The second-order valence-electron chi connectivity index (χ2n) is 6.64. The first-order valence-corrected chi connectivity index (χ1v) is 9.29. The molecule has 2 amide bonds. The molecule has 0 unspecified atom stereocenters. The Balaban J connectivity index is 1.35. The van der Waals surface area contributed by atoms with Crippen molar-refractivity contribution in [3.8, 4) is 5.75 Å². The lowest BCUT2D eigenvalue weighted by atomic mass is 10.0. The Morgan fingerprint density at radius 2 is 1.35 bits per heavy atom. The van der Waals surface area contributed by atoms with E-state index in [1.165, 1.54) is 10.5 Å². The number of methoxy groups -OCH3 is 1. The van der Waals surface area contributed by atoms with E-state index in [2.05, 4.69) is 6.07 Å². The number of nitrogens with zero attached hydrogens (tertiary/aromatic N) is 1. The molecular weight excluding hydrogens is 326 g/mol. The van der Waals surface area contributed by atoms with Gasteiger partial charge in [0.25, 0.3) is 11.8 Å². The SMILES string of the molecule is COc1ccccc1CCCCCCCN1C(=O)c2ccccc2C1=O.